The first kappa shape index (κ1) is 14.7. The molecular formula is C9H19F2N3O2S. The van der Waals surface area contributed by atoms with E-state index in [9.17, 15) is 17.2 Å². The molecule has 0 aliphatic carbocycles. The van der Waals surface area contributed by atoms with Gasteiger partial charge in [0, 0.05) is 12.6 Å². The fraction of sp³-hybridized carbons (Fsp3) is 1.00. The molecule has 0 spiro atoms. The molecule has 1 aliphatic rings. The van der Waals surface area contributed by atoms with E-state index in [1.165, 1.54) is 4.31 Å². The van der Waals surface area contributed by atoms with Crippen LogP contribution in [0.5, 0.6) is 0 Å². The van der Waals surface area contributed by atoms with Crippen LogP contribution >= 0.6 is 0 Å². The van der Waals surface area contributed by atoms with E-state index in [0.717, 1.165) is 19.3 Å². The van der Waals surface area contributed by atoms with E-state index in [2.05, 4.69) is 0 Å². The van der Waals surface area contributed by atoms with Gasteiger partial charge in [-0.1, -0.05) is 6.42 Å². The van der Waals surface area contributed by atoms with E-state index in [-0.39, 0.29) is 6.04 Å². The lowest BCUT2D eigenvalue weighted by Crippen LogP contribution is -2.51. The van der Waals surface area contributed by atoms with Crippen molar-refractivity contribution in [2.75, 3.05) is 19.6 Å². The summed E-state index contributed by atoms with van der Waals surface area (Å²) in [6.45, 7) is 0.338. The summed E-state index contributed by atoms with van der Waals surface area (Å²) >= 11 is 0. The first-order valence-corrected chi connectivity index (χ1v) is 7.07. The number of nitrogens with two attached hydrogens (primary N) is 1. The first-order valence-electron chi connectivity index (χ1n) is 5.63. The van der Waals surface area contributed by atoms with Crippen molar-refractivity contribution < 1.29 is 17.2 Å². The average molecular weight is 271 g/mol. The van der Waals surface area contributed by atoms with E-state index in [1.807, 2.05) is 4.72 Å². The van der Waals surface area contributed by atoms with Gasteiger partial charge in [-0.2, -0.15) is 17.4 Å². The van der Waals surface area contributed by atoms with Crippen molar-refractivity contribution in [3.8, 4) is 0 Å². The molecule has 1 atom stereocenters. The third kappa shape index (κ3) is 4.13. The molecule has 1 fully saturated rings. The highest BCUT2D eigenvalue weighted by Gasteiger charge is 2.33. The number of hydrogen-bond donors (Lipinski definition) is 2. The molecule has 0 radical (unpaired) electrons. The van der Waals surface area contributed by atoms with Gasteiger partial charge in [0.15, 0.2) is 0 Å². The van der Waals surface area contributed by atoms with Crippen LogP contribution in [0.25, 0.3) is 0 Å². The van der Waals surface area contributed by atoms with Crippen molar-refractivity contribution in [2.24, 2.45) is 5.73 Å². The second-order valence-electron chi connectivity index (χ2n) is 4.34. The Morgan fingerprint density at radius 1 is 1.47 bits per heavy atom. The zero-order valence-electron chi connectivity index (χ0n) is 9.83. The highest BCUT2D eigenvalue weighted by molar-refractivity contribution is 7.87. The smallest absolute Gasteiger partial charge is 0.279 e. The Balaban J connectivity index is 2.62. The van der Waals surface area contributed by atoms with Crippen LogP contribution < -0.4 is 10.5 Å². The number of piperidine rings is 1. The van der Waals surface area contributed by atoms with Crippen molar-refractivity contribution in [1.82, 2.24) is 9.03 Å². The summed E-state index contributed by atoms with van der Waals surface area (Å²) in [7, 11) is -3.83. The molecule has 1 heterocycles. The summed E-state index contributed by atoms with van der Waals surface area (Å²) in [6.07, 6.45) is 2.48. The number of alkyl halides is 2. The highest BCUT2D eigenvalue weighted by Crippen LogP contribution is 2.19. The van der Waals surface area contributed by atoms with Gasteiger partial charge in [0.2, 0.25) is 0 Å². The molecule has 3 N–H and O–H groups in total. The topological polar surface area (TPSA) is 75.4 Å². The second-order valence-corrected chi connectivity index (χ2v) is 6.05. The molecule has 5 nitrogen and oxygen atoms in total. The Morgan fingerprint density at radius 3 is 2.65 bits per heavy atom. The average Bonchev–Trinajstić information content (AvgIpc) is 2.27. The lowest BCUT2D eigenvalue weighted by Gasteiger charge is -2.32. The number of rotatable bonds is 5. The second kappa shape index (κ2) is 5.55. The Hall–Kier alpha value is -0.310. The van der Waals surface area contributed by atoms with E-state index >= 15 is 0 Å². The van der Waals surface area contributed by atoms with Gasteiger partial charge in [0.1, 0.15) is 0 Å². The van der Waals surface area contributed by atoms with Crippen LogP contribution in [0.15, 0.2) is 0 Å². The van der Waals surface area contributed by atoms with E-state index < -0.39 is 29.2 Å². The van der Waals surface area contributed by atoms with Gasteiger partial charge < -0.3 is 5.73 Å². The molecule has 102 valence electrons. The standard InChI is InChI=1S/C9H19F2N3O2S/c1-8-4-2-3-5-14(8)17(15,16)13-7-9(10,11)6-12/h8,13H,2-7,12H2,1H3. The molecule has 0 amide bonds. The Kier molecular flexibility index (Phi) is 4.82. The third-order valence-electron chi connectivity index (χ3n) is 2.86. The molecule has 8 heteroatoms. The lowest BCUT2D eigenvalue weighted by atomic mass is 10.1. The maximum atomic E-state index is 12.9. The Bertz CT molecular complexity index is 348. The van der Waals surface area contributed by atoms with Crippen LogP contribution in [0.2, 0.25) is 0 Å². The highest BCUT2D eigenvalue weighted by atomic mass is 32.2. The van der Waals surface area contributed by atoms with Gasteiger partial charge in [-0.05, 0) is 19.8 Å². The summed E-state index contributed by atoms with van der Waals surface area (Å²) in [5.41, 5.74) is 4.84. The predicted molar refractivity (Wildman–Crippen MR) is 60.9 cm³/mol. The van der Waals surface area contributed by atoms with Crippen LogP contribution in [-0.2, 0) is 10.2 Å². The molecule has 17 heavy (non-hydrogen) atoms. The maximum Gasteiger partial charge on any atom is 0.279 e. The Labute approximate surface area is 101 Å². The van der Waals surface area contributed by atoms with Gasteiger partial charge in [-0.15, -0.1) is 0 Å². The van der Waals surface area contributed by atoms with Crippen LogP contribution in [0.3, 0.4) is 0 Å². The molecule has 1 unspecified atom stereocenters. The summed E-state index contributed by atoms with van der Waals surface area (Å²) in [5.74, 6) is -3.20. The van der Waals surface area contributed by atoms with Gasteiger partial charge >= 0.3 is 0 Å². The summed E-state index contributed by atoms with van der Waals surface area (Å²) in [5, 5.41) is 0. The maximum absolute atomic E-state index is 12.9. The van der Waals surface area contributed by atoms with Crippen molar-refractivity contribution in [2.45, 2.75) is 38.2 Å². The van der Waals surface area contributed by atoms with Crippen LogP contribution in [0.4, 0.5) is 8.78 Å². The van der Waals surface area contributed by atoms with Crippen molar-refractivity contribution in [3.63, 3.8) is 0 Å². The van der Waals surface area contributed by atoms with Gasteiger partial charge in [-0.3, -0.25) is 0 Å². The summed E-state index contributed by atoms with van der Waals surface area (Å²) < 4.78 is 52.5. The minimum Gasteiger partial charge on any atom is -0.325 e. The molecule has 1 aliphatic heterocycles. The normalized spacial score (nSPS) is 23.9. The zero-order valence-corrected chi connectivity index (χ0v) is 10.6. The van der Waals surface area contributed by atoms with Crippen molar-refractivity contribution in [3.05, 3.63) is 0 Å². The SMILES string of the molecule is CC1CCCCN1S(=O)(=O)NCC(F)(F)CN. The third-order valence-corrected chi connectivity index (χ3v) is 4.53. The number of nitrogens with zero attached hydrogens (tertiary/aromatic N) is 1. The number of hydrogen-bond acceptors (Lipinski definition) is 3. The Morgan fingerprint density at radius 2 is 2.12 bits per heavy atom. The molecule has 1 rings (SSSR count). The lowest BCUT2D eigenvalue weighted by molar-refractivity contribution is 0.0165. The fourth-order valence-electron chi connectivity index (χ4n) is 1.78. The number of nitrogens with one attached hydrogen (secondary N) is 1. The van der Waals surface area contributed by atoms with Gasteiger partial charge in [0.05, 0.1) is 13.1 Å². The van der Waals surface area contributed by atoms with Crippen molar-refractivity contribution >= 4 is 10.2 Å². The first-order chi connectivity index (χ1) is 7.78. The molecule has 0 bridgehead atoms. The molecule has 0 saturated carbocycles. The molecule has 0 aromatic heterocycles. The van der Waals surface area contributed by atoms with Gasteiger partial charge in [-0.25, -0.2) is 8.78 Å². The predicted octanol–water partition coefficient (Wildman–Crippen LogP) is 0.289. The molecule has 0 aromatic carbocycles. The van der Waals surface area contributed by atoms with Crippen LogP contribution in [-0.4, -0.2) is 44.3 Å². The number of halogens is 2. The largest absolute Gasteiger partial charge is 0.325 e. The minimum absolute atomic E-state index is 0.146. The minimum atomic E-state index is -3.83. The molecule has 1 saturated heterocycles. The summed E-state index contributed by atoms with van der Waals surface area (Å²) in [6, 6.07) is -0.146. The fourth-order valence-corrected chi connectivity index (χ4v) is 3.29. The van der Waals surface area contributed by atoms with Crippen LogP contribution in [0, 0.1) is 0 Å². The molecular weight excluding hydrogens is 252 g/mol. The van der Waals surface area contributed by atoms with Crippen molar-refractivity contribution in [1.29, 1.82) is 0 Å². The van der Waals surface area contributed by atoms with E-state index in [0.29, 0.717) is 6.54 Å². The quantitative estimate of drug-likeness (QED) is 0.754. The zero-order chi connectivity index (χ0) is 13.1. The van der Waals surface area contributed by atoms with E-state index in [4.69, 9.17) is 5.73 Å². The van der Waals surface area contributed by atoms with Gasteiger partial charge in [0.25, 0.3) is 16.1 Å². The van der Waals surface area contributed by atoms with E-state index in [1.54, 1.807) is 6.92 Å². The summed E-state index contributed by atoms with van der Waals surface area (Å²) in [4.78, 5) is 0. The van der Waals surface area contributed by atoms with Crippen LogP contribution in [0.1, 0.15) is 26.2 Å². The molecule has 0 aromatic rings. The monoisotopic (exact) mass is 271 g/mol.